The number of thiol groups is 1. The van der Waals surface area contributed by atoms with E-state index in [0.29, 0.717) is 5.69 Å². The highest BCUT2D eigenvalue weighted by Crippen LogP contribution is 2.47. The molecule has 0 spiro atoms. The first kappa shape index (κ1) is 23.5. The van der Waals surface area contributed by atoms with Crippen molar-refractivity contribution in [3.8, 4) is 0 Å². The van der Waals surface area contributed by atoms with E-state index in [1.807, 2.05) is 49.5 Å². The Labute approximate surface area is 192 Å². The van der Waals surface area contributed by atoms with Crippen molar-refractivity contribution >= 4 is 35.9 Å². The first-order valence-corrected chi connectivity index (χ1v) is 10.7. The van der Waals surface area contributed by atoms with Crippen LogP contribution >= 0.6 is 12.6 Å². The van der Waals surface area contributed by atoms with Gasteiger partial charge >= 0.3 is 0 Å². The highest BCUT2D eigenvalue weighted by atomic mass is 32.1. The maximum absolute atomic E-state index is 12.3. The van der Waals surface area contributed by atoms with Crippen molar-refractivity contribution in [2.75, 3.05) is 18.1 Å². The molecule has 0 bridgehead atoms. The van der Waals surface area contributed by atoms with Crippen LogP contribution in [0, 0.1) is 11.6 Å². The van der Waals surface area contributed by atoms with Crippen LogP contribution in [0.25, 0.3) is 5.57 Å². The summed E-state index contributed by atoms with van der Waals surface area (Å²) in [5, 5.41) is 3.28. The largest absolute Gasteiger partial charge is 0.399 e. The Morgan fingerprint density at radius 2 is 1.81 bits per heavy atom. The van der Waals surface area contributed by atoms with E-state index in [9.17, 15) is 13.6 Å². The summed E-state index contributed by atoms with van der Waals surface area (Å²) in [4.78, 5) is 11.9. The molecule has 166 valence electrons. The molecule has 6 heteroatoms. The number of carbonyl (C=O) groups is 1. The smallest absolute Gasteiger partial charge is 0.139 e. The van der Waals surface area contributed by atoms with E-state index < -0.39 is 17.0 Å². The highest BCUT2D eigenvalue weighted by Gasteiger charge is 2.41. The summed E-state index contributed by atoms with van der Waals surface area (Å²) in [5.41, 5.74) is 11.3. The normalized spacial score (nSPS) is 13.9. The molecule has 0 radical (unpaired) electrons. The molecule has 3 aromatic rings. The predicted molar refractivity (Wildman–Crippen MR) is 130 cm³/mol. The Morgan fingerprint density at radius 1 is 1.12 bits per heavy atom. The quantitative estimate of drug-likeness (QED) is 0.244. The van der Waals surface area contributed by atoms with Gasteiger partial charge in [-0.2, -0.15) is 0 Å². The van der Waals surface area contributed by atoms with Crippen LogP contribution in [0.15, 0.2) is 72.1 Å². The second kappa shape index (κ2) is 10.0. The standard InChI is InChI=1S/C20H22N2O.C6H4F2S/c1-14(15-7-4-3-5-8-15)17-11-16(21)12-18(19(17)22-2)20(13-23)9-6-10-20;7-4-1-2-6(9)5(8)3-4/h3-5,7-8,11-13,22H,1,6,9-10,21H2,2H3;1-3,9H. The summed E-state index contributed by atoms with van der Waals surface area (Å²) in [5.74, 6) is -1.20. The van der Waals surface area contributed by atoms with Gasteiger partial charge in [0.2, 0.25) is 0 Å². The maximum atomic E-state index is 12.3. The van der Waals surface area contributed by atoms with Crippen molar-refractivity contribution in [1.29, 1.82) is 0 Å². The van der Waals surface area contributed by atoms with E-state index in [1.54, 1.807) is 0 Å². The number of halogens is 2. The van der Waals surface area contributed by atoms with Crippen LogP contribution in [-0.4, -0.2) is 13.3 Å². The number of benzene rings is 3. The minimum Gasteiger partial charge on any atom is -0.399 e. The van der Waals surface area contributed by atoms with Gasteiger partial charge in [0.05, 0.1) is 5.41 Å². The SMILES string of the molecule is C=C(c1ccccc1)c1cc(N)cc(C2(C=O)CCC2)c1NC.Fc1ccc(S)c(F)c1. The summed E-state index contributed by atoms with van der Waals surface area (Å²) in [7, 11) is 1.88. The summed E-state index contributed by atoms with van der Waals surface area (Å²) < 4.78 is 24.3. The Bertz CT molecular complexity index is 1130. The zero-order chi connectivity index (χ0) is 23.3. The van der Waals surface area contributed by atoms with Gasteiger partial charge in [0.15, 0.2) is 0 Å². The van der Waals surface area contributed by atoms with Crippen molar-refractivity contribution in [3.05, 3.63) is 95.6 Å². The second-order valence-corrected chi connectivity index (χ2v) is 8.29. The molecule has 1 aliphatic rings. The number of hydrogen-bond acceptors (Lipinski definition) is 4. The molecule has 3 nitrogen and oxygen atoms in total. The third-order valence-electron chi connectivity index (χ3n) is 5.78. The molecule has 0 unspecified atom stereocenters. The molecule has 4 rings (SSSR count). The molecule has 1 saturated carbocycles. The molecule has 3 aromatic carbocycles. The molecule has 0 aliphatic heterocycles. The molecule has 0 aromatic heterocycles. The van der Waals surface area contributed by atoms with Crippen LogP contribution in [0.3, 0.4) is 0 Å². The monoisotopic (exact) mass is 452 g/mol. The van der Waals surface area contributed by atoms with Gasteiger partial charge in [-0.25, -0.2) is 8.78 Å². The molecular weight excluding hydrogens is 426 g/mol. The zero-order valence-electron chi connectivity index (χ0n) is 17.9. The van der Waals surface area contributed by atoms with Crippen LogP contribution in [0.5, 0.6) is 0 Å². The molecule has 3 N–H and O–H groups in total. The number of hydrogen-bond donors (Lipinski definition) is 3. The van der Waals surface area contributed by atoms with Crippen LogP contribution in [0.2, 0.25) is 0 Å². The van der Waals surface area contributed by atoms with E-state index in [0.717, 1.165) is 65.6 Å². The van der Waals surface area contributed by atoms with Crippen LogP contribution in [-0.2, 0) is 10.2 Å². The van der Waals surface area contributed by atoms with Crippen molar-refractivity contribution < 1.29 is 13.6 Å². The molecule has 0 amide bonds. The molecule has 0 heterocycles. The van der Waals surface area contributed by atoms with Gasteiger partial charge < -0.3 is 15.8 Å². The number of nitrogens with one attached hydrogen (secondary N) is 1. The van der Waals surface area contributed by atoms with E-state index in [2.05, 4.69) is 24.5 Å². The molecule has 0 atom stereocenters. The Balaban J connectivity index is 0.000000269. The van der Waals surface area contributed by atoms with Crippen LogP contribution in [0.1, 0.15) is 36.0 Å². The molecule has 32 heavy (non-hydrogen) atoms. The number of aldehydes is 1. The summed E-state index contributed by atoms with van der Waals surface area (Å²) >= 11 is 3.70. The van der Waals surface area contributed by atoms with Crippen LogP contribution < -0.4 is 11.1 Å². The average Bonchev–Trinajstić information content (AvgIpc) is 2.76. The van der Waals surface area contributed by atoms with Crippen molar-refractivity contribution in [1.82, 2.24) is 0 Å². The second-order valence-electron chi connectivity index (χ2n) is 7.81. The minimum absolute atomic E-state index is 0.163. The minimum atomic E-state index is -0.627. The highest BCUT2D eigenvalue weighted by molar-refractivity contribution is 7.80. The third kappa shape index (κ3) is 4.86. The predicted octanol–water partition coefficient (Wildman–Crippen LogP) is 6.25. The van der Waals surface area contributed by atoms with E-state index >= 15 is 0 Å². The summed E-state index contributed by atoms with van der Waals surface area (Å²) in [6.07, 6.45) is 3.92. The number of nitrogen functional groups attached to an aromatic ring is 1. The van der Waals surface area contributed by atoms with E-state index in [4.69, 9.17) is 5.73 Å². The summed E-state index contributed by atoms with van der Waals surface area (Å²) in [6, 6.07) is 17.1. The fourth-order valence-electron chi connectivity index (χ4n) is 3.85. The lowest BCUT2D eigenvalue weighted by Gasteiger charge is -2.39. The number of carbonyl (C=O) groups excluding carboxylic acids is 1. The third-order valence-corrected chi connectivity index (χ3v) is 6.14. The van der Waals surface area contributed by atoms with Crippen molar-refractivity contribution in [3.63, 3.8) is 0 Å². The lowest BCUT2D eigenvalue weighted by molar-refractivity contribution is -0.115. The molecule has 1 fully saturated rings. The first-order chi connectivity index (χ1) is 15.3. The topological polar surface area (TPSA) is 55.1 Å². The van der Waals surface area contributed by atoms with Crippen LogP contribution in [0.4, 0.5) is 20.2 Å². The average molecular weight is 453 g/mol. The first-order valence-electron chi connectivity index (χ1n) is 10.3. The van der Waals surface area contributed by atoms with E-state index in [-0.39, 0.29) is 4.90 Å². The van der Waals surface area contributed by atoms with Gasteiger partial charge in [-0.1, -0.05) is 43.3 Å². The van der Waals surface area contributed by atoms with Gasteiger partial charge in [0.25, 0.3) is 0 Å². The van der Waals surface area contributed by atoms with Gasteiger partial charge in [-0.3, -0.25) is 0 Å². The van der Waals surface area contributed by atoms with Gasteiger partial charge in [0, 0.05) is 34.9 Å². The van der Waals surface area contributed by atoms with E-state index in [1.165, 1.54) is 6.07 Å². The molecule has 0 saturated heterocycles. The fourth-order valence-corrected chi connectivity index (χ4v) is 3.99. The van der Waals surface area contributed by atoms with Crippen molar-refractivity contribution in [2.45, 2.75) is 29.6 Å². The Hall–Kier alpha value is -3.12. The van der Waals surface area contributed by atoms with Gasteiger partial charge in [-0.05, 0) is 53.8 Å². The number of anilines is 2. The number of nitrogens with two attached hydrogens (primary N) is 1. The summed E-state index contributed by atoms with van der Waals surface area (Å²) in [6.45, 7) is 4.25. The fraction of sp³-hybridized carbons (Fsp3) is 0.192. The zero-order valence-corrected chi connectivity index (χ0v) is 18.8. The molecule has 1 aliphatic carbocycles. The van der Waals surface area contributed by atoms with Crippen molar-refractivity contribution in [2.24, 2.45) is 0 Å². The maximum Gasteiger partial charge on any atom is 0.139 e. The Kier molecular flexibility index (Phi) is 7.36. The molecular formula is C26H26F2N2OS. The van der Waals surface area contributed by atoms with Gasteiger partial charge in [-0.15, -0.1) is 12.6 Å². The number of rotatable bonds is 5. The van der Waals surface area contributed by atoms with Gasteiger partial charge in [0.1, 0.15) is 17.9 Å². The lowest BCUT2D eigenvalue weighted by atomic mass is 9.64. The Morgan fingerprint density at radius 3 is 2.31 bits per heavy atom. The lowest BCUT2D eigenvalue weighted by Crippen LogP contribution is -2.36.